The van der Waals surface area contributed by atoms with Crippen LogP contribution in [0.25, 0.3) is 0 Å². The quantitative estimate of drug-likeness (QED) is 0.629. The molecule has 0 spiro atoms. The van der Waals surface area contributed by atoms with Crippen LogP contribution in [0.15, 0.2) is 0 Å². The van der Waals surface area contributed by atoms with Crippen LogP contribution in [0.1, 0.15) is 52.4 Å². The van der Waals surface area contributed by atoms with Crippen molar-refractivity contribution in [1.82, 2.24) is 0 Å². The third-order valence-corrected chi connectivity index (χ3v) is 2.41. The number of aliphatic hydroxyl groups is 2. The number of hydrogen-bond donors (Lipinski definition) is 2. The van der Waals surface area contributed by atoms with Crippen LogP contribution in [0.5, 0.6) is 0 Å². The number of rotatable bonds is 8. The third-order valence-electron chi connectivity index (χ3n) is 2.41. The molecule has 0 heterocycles. The van der Waals surface area contributed by atoms with E-state index in [4.69, 9.17) is 5.11 Å². The molecule has 84 valence electrons. The molecule has 0 rings (SSSR count). The zero-order valence-corrected chi connectivity index (χ0v) is 9.25. The predicted octanol–water partition coefficient (Wildman–Crippen LogP) is 1.66. The Labute approximate surface area is 86.1 Å². The van der Waals surface area contributed by atoms with E-state index in [0.29, 0.717) is 25.7 Å². The second-order valence-electron chi connectivity index (χ2n) is 3.78. The van der Waals surface area contributed by atoms with Crippen molar-refractivity contribution < 1.29 is 15.0 Å². The summed E-state index contributed by atoms with van der Waals surface area (Å²) >= 11 is 0. The average Bonchev–Trinajstić information content (AvgIpc) is 2.15. The monoisotopic (exact) mass is 202 g/mol. The minimum Gasteiger partial charge on any atom is -0.396 e. The van der Waals surface area contributed by atoms with E-state index < -0.39 is 5.60 Å². The van der Waals surface area contributed by atoms with E-state index in [1.165, 1.54) is 0 Å². The lowest BCUT2D eigenvalue weighted by Crippen LogP contribution is -2.38. The summed E-state index contributed by atoms with van der Waals surface area (Å²) in [4.78, 5) is 11.6. The molecule has 0 aromatic rings. The van der Waals surface area contributed by atoms with Crippen LogP contribution in [0.2, 0.25) is 0 Å². The molecule has 0 aliphatic rings. The number of hydrogen-bond acceptors (Lipinski definition) is 3. The van der Waals surface area contributed by atoms with Crippen molar-refractivity contribution >= 4 is 5.78 Å². The number of Topliss-reactive ketones (excluding diaryl/α,β-unsaturated/α-hetero) is 1. The first-order valence-corrected chi connectivity index (χ1v) is 5.47. The first kappa shape index (κ1) is 13.6. The molecule has 0 fully saturated rings. The summed E-state index contributed by atoms with van der Waals surface area (Å²) in [7, 11) is 0. The molecule has 0 amide bonds. The highest BCUT2D eigenvalue weighted by molar-refractivity contribution is 5.86. The Kier molecular flexibility index (Phi) is 6.75. The van der Waals surface area contributed by atoms with Gasteiger partial charge in [0.1, 0.15) is 5.60 Å². The molecule has 3 heteroatoms. The van der Waals surface area contributed by atoms with Gasteiger partial charge >= 0.3 is 0 Å². The molecule has 3 nitrogen and oxygen atoms in total. The summed E-state index contributed by atoms with van der Waals surface area (Å²) < 4.78 is 0. The van der Waals surface area contributed by atoms with Gasteiger partial charge in [-0.25, -0.2) is 0 Å². The van der Waals surface area contributed by atoms with Crippen LogP contribution >= 0.6 is 0 Å². The third kappa shape index (κ3) is 4.20. The first-order chi connectivity index (χ1) is 6.60. The number of carbonyl (C=O) groups is 1. The maximum absolute atomic E-state index is 11.6. The molecule has 0 aromatic carbocycles. The second-order valence-corrected chi connectivity index (χ2v) is 3.78. The van der Waals surface area contributed by atoms with E-state index >= 15 is 0 Å². The van der Waals surface area contributed by atoms with Crippen LogP contribution in [0.4, 0.5) is 0 Å². The minimum absolute atomic E-state index is 0.0332. The van der Waals surface area contributed by atoms with E-state index in [1.54, 1.807) is 0 Å². The largest absolute Gasteiger partial charge is 0.396 e. The lowest BCUT2D eigenvalue weighted by atomic mass is 9.86. The molecule has 14 heavy (non-hydrogen) atoms. The van der Waals surface area contributed by atoms with Crippen LogP contribution in [0.3, 0.4) is 0 Å². The molecule has 0 aromatic heterocycles. The topological polar surface area (TPSA) is 57.5 Å². The smallest absolute Gasteiger partial charge is 0.164 e. The fraction of sp³-hybridized carbons (Fsp3) is 0.909. The first-order valence-electron chi connectivity index (χ1n) is 5.47. The van der Waals surface area contributed by atoms with Crippen molar-refractivity contribution in [2.24, 2.45) is 0 Å². The van der Waals surface area contributed by atoms with Gasteiger partial charge in [-0.1, -0.05) is 20.3 Å². The maximum Gasteiger partial charge on any atom is 0.164 e. The van der Waals surface area contributed by atoms with Gasteiger partial charge < -0.3 is 10.2 Å². The Balaban J connectivity index is 4.28. The SMILES string of the molecule is CCCC(=O)C(O)(CCC)CCCO. The van der Waals surface area contributed by atoms with Crippen molar-refractivity contribution in [3.63, 3.8) is 0 Å². The molecule has 1 unspecified atom stereocenters. The molecule has 0 aliphatic carbocycles. The highest BCUT2D eigenvalue weighted by atomic mass is 16.3. The highest BCUT2D eigenvalue weighted by Crippen LogP contribution is 2.22. The summed E-state index contributed by atoms with van der Waals surface area (Å²) in [6, 6.07) is 0. The van der Waals surface area contributed by atoms with Gasteiger partial charge in [0.15, 0.2) is 5.78 Å². The lowest BCUT2D eigenvalue weighted by molar-refractivity contribution is -0.139. The summed E-state index contributed by atoms with van der Waals surface area (Å²) in [5.41, 5.74) is -1.19. The van der Waals surface area contributed by atoms with Crippen molar-refractivity contribution in [3.8, 4) is 0 Å². The van der Waals surface area contributed by atoms with Crippen molar-refractivity contribution in [1.29, 1.82) is 0 Å². The number of ketones is 1. The predicted molar refractivity (Wildman–Crippen MR) is 56.1 cm³/mol. The lowest BCUT2D eigenvalue weighted by Gasteiger charge is -2.25. The molecule has 0 aliphatic heterocycles. The van der Waals surface area contributed by atoms with Gasteiger partial charge in [0.2, 0.25) is 0 Å². The Morgan fingerprint density at radius 1 is 1.21 bits per heavy atom. The standard InChI is InChI=1S/C11H22O3/c1-3-6-10(13)11(14,7-4-2)8-5-9-12/h12,14H,3-9H2,1-2H3. The molecule has 0 saturated heterocycles. The van der Waals surface area contributed by atoms with E-state index in [1.807, 2.05) is 13.8 Å². The van der Waals surface area contributed by atoms with Gasteiger partial charge in [0.25, 0.3) is 0 Å². The fourth-order valence-corrected chi connectivity index (χ4v) is 1.65. The fourth-order valence-electron chi connectivity index (χ4n) is 1.65. The normalized spacial score (nSPS) is 15.1. The van der Waals surface area contributed by atoms with Gasteiger partial charge in [-0.05, 0) is 25.7 Å². The van der Waals surface area contributed by atoms with E-state index in [9.17, 15) is 9.90 Å². The molecule has 0 saturated carbocycles. The zero-order chi connectivity index (χ0) is 11.0. The zero-order valence-electron chi connectivity index (χ0n) is 9.25. The molecule has 1 atom stereocenters. The average molecular weight is 202 g/mol. The van der Waals surface area contributed by atoms with Crippen LogP contribution in [-0.2, 0) is 4.79 Å². The Morgan fingerprint density at radius 3 is 2.29 bits per heavy atom. The van der Waals surface area contributed by atoms with Crippen LogP contribution in [-0.4, -0.2) is 28.2 Å². The molecule has 0 bridgehead atoms. The number of aliphatic hydroxyl groups excluding tert-OH is 1. The highest BCUT2D eigenvalue weighted by Gasteiger charge is 2.32. The Bertz CT molecular complexity index is 168. The molecule has 0 radical (unpaired) electrons. The maximum atomic E-state index is 11.6. The minimum atomic E-state index is -1.19. The summed E-state index contributed by atoms with van der Waals surface area (Å²) in [6.45, 7) is 3.91. The van der Waals surface area contributed by atoms with Crippen LogP contribution < -0.4 is 0 Å². The van der Waals surface area contributed by atoms with E-state index in [2.05, 4.69) is 0 Å². The van der Waals surface area contributed by atoms with Gasteiger partial charge in [-0.2, -0.15) is 0 Å². The van der Waals surface area contributed by atoms with Gasteiger partial charge in [0.05, 0.1) is 0 Å². The van der Waals surface area contributed by atoms with E-state index in [-0.39, 0.29) is 12.4 Å². The van der Waals surface area contributed by atoms with Gasteiger partial charge in [-0.3, -0.25) is 4.79 Å². The number of carbonyl (C=O) groups excluding carboxylic acids is 1. The van der Waals surface area contributed by atoms with Crippen molar-refractivity contribution in [3.05, 3.63) is 0 Å². The molecular formula is C11H22O3. The Hall–Kier alpha value is -0.410. The van der Waals surface area contributed by atoms with Crippen molar-refractivity contribution in [2.75, 3.05) is 6.61 Å². The van der Waals surface area contributed by atoms with E-state index in [0.717, 1.165) is 12.8 Å². The Morgan fingerprint density at radius 2 is 1.86 bits per heavy atom. The summed E-state index contributed by atoms with van der Waals surface area (Å²) in [5, 5.41) is 18.8. The summed E-state index contributed by atoms with van der Waals surface area (Å²) in [5.74, 6) is -0.0738. The van der Waals surface area contributed by atoms with Gasteiger partial charge in [0, 0.05) is 13.0 Å². The molecular weight excluding hydrogens is 180 g/mol. The summed E-state index contributed by atoms with van der Waals surface area (Å²) in [6.07, 6.45) is 3.37. The van der Waals surface area contributed by atoms with Gasteiger partial charge in [-0.15, -0.1) is 0 Å². The van der Waals surface area contributed by atoms with Crippen LogP contribution in [0, 0.1) is 0 Å². The molecule has 2 N–H and O–H groups in total. The van der Waals surface area contributed by atoms with Crippen molar-refractivity contribution in [2.45, 2.75) is 58.0 Å². The second kappa shape index (κ2) is 6.96.